The third-order valence-corrected chi connectivity index (χ3v) is 4.24. The van der Waals surface area contributed by atoms with Crippen LogP contribution >= 0.6 is 0 Å². The van der Waals surface area contributed by atoms with Crippen LogP contribution in [0.25, 0.3) is 5.57 Å². The second-order valence-electron chi connectivity index (χ2n) is 6.56. The molecule has 0 spiro atoms. The zero-order valence-electron chi connectivity index (χ0n) is 14.9. The van der Waals surface area contributed by atoms with Gasteiger partial charge in [-0.1, -0.05) is 17.7 Å². The van der Waals surface area contributed by atoms with E-state index in [4.69, 9.17) is 9.57 Å². The van der Waals surface area contributed by atoms with E-state index in [0.29, 0.717) is 5.57 Å². The van der Waals surface area contributed by atoms with Crippen LogP contribution in [-0.4, -0.2) is 35.0 Å². The molecule has 1 aromatic carbocycles. The fraction of sp³-hybridized carbons (Fsp3) is 0.500. The van der Waals surface area contributed by atoms with Gasteiger partial charge in [-0.25, -0.2) is 9.90 Å². The van der Waals surface area contributed by atoms with Crippen LogP contribution in [0.2, 0.25) is 0 Å². The average molecular weight is 319 g/mol. The highest BCUT2D eigenvalue weighted by molar-refractivity contribution is 6.23. The van der Waals surface area contributed by atoms with Gasteiger partial charge in [0, 0.05) is 7.11 Å². The number of amides is 1. The summed E-state index contributed by atoms with van der Waals surface area (Å²) >= 11 is 0. The molecule has 1 N–H and O–H groups in total. The first-order chi connectivity index (χ1) is 10.6. The molecule has 0 fully saturated rings. The molecule has 1 aliphatic heterocycles. The Kier molecular flexibility index (Phi) is 4.55. The van der Waals surface area contributed by atoms with Crippen LogP contribution in [0.3, 0.4) is 0 Å². The summed E-state index contributed by atoms with van der Waals surface area (Å²) in [6.07, 6.45) is -0.592. The first kappa shape index (κ1) is 17.5. The molecule has 1 aromatic rings. The van der Waals surface area contributed by atoms with Crippen molar-refractivity contribution in [1.82, 2.24) is 5.06 Å². The van der Waals surface area contributed by atoms with E-state index in [-0.39, 0.29) is 11.7 Å². The zero-order valence-corrected chi connectivity index (χ0v) is 14.9. The second kappa shape index (κ2) is 5.98. The van der Waals surface area contributed by atoms with Crippen molar-refractivity contribution in [2.24, 2.45) is 0 Å². The lowest BCUT2D eigenvalue weighted by atomic mass is 9.91. The van der Waals surface area contributed by atoms with E-state index in [2.05, 4.69) is 0 Å². The highest BCUT2D eigenvalue weighted by Crippen LogP contribution is 2.41. The molecule has 0 aliphatic carbocycles. The Balaban J connectivity index is 2.56. The number of hydroxylamine groups is 2. The lowest BCUT2D eigenvalue weighted by Gasteiger charge is -2.32. The van der Waals surface area contributed by atoms with E-state index >= 15 is 0 Å². The summed E-state index contributed by atoms with van der Waals surface area (Å²) < 4.78 is 5.08. The minimum atomic E-state index is -0.955. The van der Waals surface area contributed by atoms with Crippen LogP contribution in [0.1, 0.15) is 43.0 Å². The van der Waals surface area contributed by atoms with Gasteiger partial charge in [-0.15, -0.1) is 0 Å². The van der Waals surface area contributed by atoms with Gasteiger partial charge in [0.1, 0.15) is 11.3 Å². The Bertz CT molecular complexity index is 653. The number of benzene rings is 1. The maximum Gasteiger partial charge on any atom is 0.282 e. The van der Waals surface area contributed by atoms with Gasteiger partial charge in [-0.2, -0.15) is 0 Å². The van der Waals surface area contributed by atoms with E-state index in [9.17, 15) is 9.90 Å². The average Bonchev–Trinajstić information content (AvgIpc) is 2.60. The van der Waals surface area contributed by atoms with Gasteiger partial charge in [-0.05, 0) is 58.2 Å². The predicted octanol–water partition coefficient (Wildman–Crippen LogP) is 3.43. The van der Waals surface area contributed by atoms with Crippen molar-refractivity contribution < 1.29 is 19.5 Å². The fourth-order valence-corrected chi connectivity index (χ4v) is 3.03. The van der Waals surface area contributed by atoms with Crippen LogP contribution in [0, 0.1) is 20.8 Å². The molecule has 1 aliphatic rings. The first-order valence-electron chi connectivity index (χ1n) is 7.67. The van der Waals surface area contributed by atoms with Gasteiger partial charge in [0.25, 0.3) is 5.91 Å². The molecule has 0 bridgehead atoms. The molecule has 0 radical (unpaired) electrons. The van der Waals surface area contributed by atoms with Gasteiger partial charge in [0.2, 0.25) is 0 Å². The van der Waals surface area contributed by atoms with E-state index in [1.54, 1.807) is 20.8 Å². The maximum atomic E-state index is 12.9. The Hall–Kier alpha value is -1.85. The van der Waals surface area contributed by atoms with Gasteiger partial charge < -0.3 is 9.84 Å². The highest BCUT2D eigenvalue weighted by Gasteiger charge is 2.48. The van der Waals surface area contributed by atoms with E-state index < -0.39 is 11.8 Å². The van der Waals surface area contributed by atoms with Crippen LogP contribution in [0.5, 0.6) is 0 Å². The molecule has 5 nitrogen and oxygen atoms in total. The Labute approximate surface area is 137 Å². The molecule has 0 saturated carbocycles. The van der Waals surface area contributed by atoms with Gasteiger partial charge in [-0.3, -0.25) is 4.79 Å². The number of nitrogens with zero attached hydrogens (tertiary/aromatic N) is 1. The molecular formula is C18H25NO4. The van der Waals surface area contributed by atoms with E-state index in [0.717, 1.165) is 22.3 Å². The SMILES string of the molecule is COC(C)ON1C(=O)C(c2c(C)cc(C)cc2C)=C(O)C1(C)C. The fourth-order valence-electron chi connectivity index (χ4n) is 3.03. The molecule has 1 amide bonds. The monoisotopic (exact) mass is 319 g/mol. The number of aliphatic hydroxyl groups is 1. The third kappa shape index (κ3) is 2.86. The van der Waals surface area contributed by atoms with Crippen molar-refractivity contribution in [3.63, 3.8) is 0 Å². The Morgan fingerprint density at radius 2 is 1.70 bits per heavy atom. The number of hydrogen-bond donors (Lipinski definition) is 1. The summed E-state index contributed by atoms with van der Waals surface area (Å²) in [6, 6.07) is 4.01. The first-order valence-corrected chi connectivity index (χ1v) is 7.67. The second-order valence-corrected chi connectivity index (χ2v) is 6.56. The molecule has 0 aromatic heterocycles. The summed E-state index contributed by atoms with van der Waals surface area (Å²) in [7, 11) is 1.50. The van der Waals surface area contributed by atoms with E-state index in [1.807, 2.05) is 32.9 Å². The van der Waals surface area contributed by atoms with Crippen LogP contribution < -0.4 is 0 Å². The maximum absolute atomic E-state index is 12.9. The minimum Gasteiger partial charge on any atom is -0.509 e. The summed E-state index contributed by atoms with van der Waals surface area (Å²) in [4.78, 5) is 18.5. The van der Waals surface area contributed by atoms with E-state index in [1.165, 1.54) is 12.2 Å². The number of carbonyl (C=O) groups is 1. The molecule has 1 atom stereocenters. The van der Waals surface area contributed by atoms with Crippen LogP contribution in [0.4, 0.5) is 0 Å². The number of aliphatic hydroxyl groups excluding tert-OH is 1. The molecule has 5 heteroatoms. The number of methoxy groups -OCH3 is 1. The number of hydrogen-bond acceptors (Lipinski definition) is 4. The number of ether oxygens (including phenoxy) is 1. The smallest absolute Gasteiger partial charge is 0.282 e. The standard InChI is InChI=1S/C18H25NO4/c1-10-8-11(2)14(12(3)9-10)15-16(20)18(5,6)19(17(15)21)23-13(4)22-7/h8-9,13,20H,1-7H3. The Morgan fingerprint density at radius 1 is 1.17 bits per heavy atom. The molecule has 1 unspecified atom stereocenters. The number of aryl methyl sites for hydroxylation is 3. The highest BCUT2D eigenvalue weighted by atomic mass is 16.8. The van der Waals surface area contributed by atoms with Gasteiger partial charge >= 0.3 is 0 Å². The molecule has 1 heterocycles. The molecular weight excluding hydrogens is 294 g/mol. The summed E-state index contributed by atoms with van der Waals surface area (Å²) in [6.45, 7) is 11.1. The minimum absolute atomic E-state index is 0.0147. The van der Waals surface area contributed by atoms with Crippen molar-refractivity contribution in [3.05, 3.63) is 40.1 Å². The van der Waals surface area contributed by atoms with Gasteiger partial charge in [0.05, 0.1) is 5.57 Å². The normalized spacial score (nSPS) is 18.7. The summed E-state index contributed by atoms with van der Waals surface area (Å²) in [5, 5.41) is 11.9. The number of carbonyl (C=O) groups excluding carboxylic acids is 1. The van der Waals surface area contributed by atoms with Crippen molar-refractivity contribution in [2.45, 2.75) is 53.4 Å². The van der Waals surface area contributed by atoms with Gasteiger partial charge in [0.15, 0.2) is 6.29 Å². The summed E-state index contributed by atoms with van der Waals surface area (Å²) in [5.41, 5.74) is 3.14. The van der Waals surface area contributed by atoms with Crippen LogP contribution in [0.15, 0.2) is 17.9 Å². The number of rotatable bonds is 4. The molecule has 2 rings (SSSR count). The Morgan fingerprint density at radius 3 is 2.17 bits per heavy atom. The molecule has 126 valence electrons. The predicted molar refractivity (Wildman–Crippen MR) is 88.7 cm³/mol. The van der Waals surface area contributed by atoms with Crippen LogP contribution in [-0.2, 0) is 14.4 Å². The topological polar surface area (TPSA) is 59.0 Å². The lowest BCUT2D eigenvalue weighted by molar-refractivity contribution is -0.276. The third-order valence-electron chi connectivity index (χ3n) is 4.24. The lowest BCUT2D eigenvalue weighted by Crippen LogP contribution is -2.45. The summed E-state index contributed by atoms with van der Waals surface area (Å²) in [5.74, 6) is -0.340. The van der Waals surface area contributed by atoms with Crippen molar-refractivity contribution in [3.8, 4) is 0 Å². The molecule has 0 saturated heterocycles. The van der Waals surface area contributed by atoms with Crippen molar-refractivity contribution >= 4 is 11.5 Å². The largest absolute Gasteiger partial charge is 0.509 e. The quantitative estimate of drug-likeness (QED) is 0.864. The zero-order chi connectivity index (χ0) is 17.5. The van der Waals surface area contributed by atoms with Crippen molar-refractivity contribution in [1.29, 1.82) is 0 Å². The van der Waals surface area contributed by atoms with Crippen molar-refractivity contribution in [2.75, 3.05) is 7.11 Å². The molecule has 23 heavy (non-hydrogen) atoms.